The molecule has 1 aliphatic carbocycles. The molecule has 0 unspecified atom stereocenters. The monoisotopic (exact) mass is 238 g/mol. The summed E-state index contributed by atoms with van der Waals surface area (Å²) in [5.41, 5.74) is -0.758. The molecule has 0 aromatic rings. The molecular formula is C13H22N2O2. The number of imide groups is 1. The van der Waals surface area contributed by atoms with Gasteiger partial charge in [-0.25, -0.2) is 4.79 Å². The molecule has 17 heavy (non-hydrogen) atoms. The summed E-state index contributed by atoms with van der Waals surface area (Å²) in [6.07, 6.45) is 5.23. The van der Waals surface area contributed by atoms with Gasteiger partial charge in [0.2, 0.25) is 5.91 Å². The molecule has 0 atom stereocenters. The molecule has 96 valence electrons. The van der Waals surface area contributed by atoms with E-state index in [1.165, 1.54) is 11.3 Å². The summed E-state index contributed by atoms with van der Waals surface area (Å²) in [5.74, 6) is 0.0356. The van der Waals surface area contributed by atoms with E-state index in [2.05, 4.69) is 5.32 Å². The Morgan fingerprint density at radius 3 is 2.24 bits per heavy atom. The number of amides is 3. The number of carbonyl (C=O) groups is 2. The molecule has 0 radical (unpaired) electrons. The third kappa shape index (κ3) is 2.05. The van der Waals surface area contributed by atoms with E-state index < -0.39 is 5.54 Å². The van der Waals surface area contributed by atoms with Crippen LogP contribution < -0.4 is 5.32 Å². The van der Waals surface area contributed by atoms with Crippen molar-refractivity contribution in [2.24, 2.45) is 5.41 Å². The largest absolute Gasteiger partial charge is 0.337 e. The van der Waals surface area contributed by atoms with Crippen LogP contribution in [0.3, 0.4) is 0 Å². The zero-order chi connectivity index (χ0) is 12.7. The lowest BCUT2D eigenvalue weighted by Crippen LogP contribution is -2.65. The third-order valence-corrected chi connectivity index (χ3v) is 3.92. The number of rotatable bonds is 0. The highest BCUT2D eigenvalue weighted by Crippen LogP contribution is 2.40. The van der Waals surface area contributed by atoms with Crippen LogP contribution in [0.5, 0.6) is 0 Å². The van der Waals surface area contributed by atoms with Gasteiger partial charge in [0, 0.05) is 12.1 Å². The van der Waals surface area contributed by atoms with Crippen molar-refractivity contribution in [1.29, 1.82) is 0 Å². The molecule has 1 saturated carbocycles. The number of hydrogen-bond acceptors (Lipinski definition) is 2. The predicted molar refractivity (Wildman–Crippen MR) is 65.5 cm³/mol. The van der Waals surface area contributed by atoms with E-state index in [1.807, 2.05) is 20.8 Å². The number of nitrogens with one attached hydrogen (secondary N) is 1. The van der Waals surface area contributed by atoms with Gasteiger partial charge < -0.3 is 5.32 Å². The molecule has 0 bridgehead atoms. The van der Waals surface area contributed by atoms with Gasteiger partial charge in [-0.2, -0.15) is 0 Å². The summed E-state index contributed by atoms with van der Waals surface area (Å²) < 4.78 is 0. The van der Waals surface area contributed by atoms with Gasteiger partial charge >= 0.3 is 6.03 Å². The Morgan fingerprint density at radius 1 is 1.12 bits per heavy atom. The molecule has 2 rings (SSSR count). The second-order valence-electron chi connectivity index (χ2n) is 6.31. The Bertz CT molecular complexity index is 338. The van der Waals surface area contributed by atoms with Crippen LogP contribution in [-0.2, 0) is 4.79 Å². The topological polar surface area (TPSA) is 49.4 Å². The molecule has 4 nitrogen and oxygen atoms in total. The van der Waals surface area contributed by atoms with Crippen LogP contribution in [-0.4, -0.2) is 28.9 Å². The summed E-state index contributed by atoms with van der Waals surface area (Å²) in [4.78, 5) is 25.9. The van der Waals surface area contributed by atoms with Gasteiger partial charge in [0.25, 0.3) is 0 Å². The molecule has 1 aliphatic heterocycles. The van der Waals surface area contributed by atoms with E-state index in [0.717, 1.165) is 25.7 Å². The van der Waals surface area contributed by atoms with E-state index in [4.69, 9.17) is 0 Å². The Labute approximate surface area is 103 Å². The summed E-state index contributed by atoms with van der Waals surface area (Å²) >= 11 is 0. The lowest BCUT2D eigenvalue weighted by molar-refractivity contribution is -0.147. The SMILES string of the molecule is CC(C)(C)N1C(=O)NCC2(CCCCC2)C1=O. The molecule has 1 N–H and O–H groups in total. The van der Waals surface area contributed by atoms with E-state index in [9.17, 15) is 9.59 Å². The van der Waals surface area contributed by atoms with E-state index in [1.54, 1.807) is 0 Å². The Kier molecular flexibility index (Phi) is 2.92. The normalized spacial score (nSPS) is 25.0. The van der Waals surface area contributed by atoms with Crippen molar-refractivity contribution < 1.29 is 9.59 Å². The minimum atomic E-state index is -0.438. The third-order valence-electron chi connectivity index (χ3n) is 3.92. The molecule has 3 amide bonds. The summed E-state index contributed by atoms with van der Waals surface area (Å²) in [7, 11) is 0. The molecule has 4 heteroatoms. The molecule has 1 heterocycles. The first-order valence-electron chi connectivity index (χ1n) is 6.49. The van der Waals surface area contributed by atoms with Crippen molar-refractivity contribution in [2.45, 2.75) is 58.4 Å². The van der Waals surface area contributed by atoms with E-state index in [-0.39, 0.29) is 17.4 Å². The van der Waals surface area contributed by atoms with Crippen molar-refractivity contribution in [2.75, 3.05) is 6.54 Å². The standard InChI is InChI=1S/C13H22N2O2/c1-12(2,3)15-10(16)13(9-14-11(15)17)7-5-4-6-8-13/h4-9H2,1-3H3,(H,14,17). The van der Waals surface area contributed by atoms with Gasteiger partial charge in [0.15, 0.2) is 0 Å². The maximum atomic E-state index is 12.6. The Balaban J connectivity index is 2.28. The maximum absolute atomic E-state index is 12.6. The lowest BCUT2D eigenvalue weighted by Gasteiger charge is -2.47. The van der Waals surface area contributed by atoms with Crippen molar-refractivity contribution >= 4 is 11.9 Å². The highest BCUT2D eigenvalue weighted by Gasteiger charge is 2.50. The fourth-order valence-corrected chi connectivity index (χ4v) is 2.96. The van der Waals surface area contributed by atoms with Crippen LogP contribution in [0.25, 0.3) is 0 Å². The number of urea groups is 1. The van der Waals surface area contributed by atoms with Gasteiger partial charge in [-0.15, -0.1) is 0 Å². The molecule has 1 saturated heterocycles. The zero-order valence-electron chi connectivity index (χ0n) is 11.0. The molecule has 2 fully saturated rings. The predicted octanol–water partition coefficient (Wildman–Crippen LogP) is 2.29. The second-order valence-corrected chi connectivity index (χ2v) is 6.31. The molecule has 2 aliphatic rings. The highest BCUT2D eigenvalue weighted by atomic mass is 16.2. The average Bonchev–Trinajstić information content (AvgIpc) is 2.24. The fraction of sp³-hybridized carbons (Fsp3) is 0.846. The summed E-state index contributed by atoms with van der Waals surface area (Å²) in [6, 6.07) is -0.237. The van der Waals surface area contributed by atoms with Crippen LogP contribution >= 0.6 is 0 Å². The van der Waals surface area contributed by atoms with Crippen molar-refractivity contribution in [3.63, 3.8) is 0 Å². The number of nitrogens with zero attached hydrogens (tertiary/aromatic N) is 1. The minimum Gasteiger partial charge on any atom is -0.337 e. The minimum absolute atomic E-state index is 0.0356. The Morgan fingerprint density at radius 2 is 1.71 bits per heavy atom. The molecule has 1 spiro atoms. The smallest absolute Gasteiger partial charge is 0.324 e. The quantitative estimate of drug-likeness (QED) is 0.704. The van der Waals surface area contributed by atoms with Crippen LogP contribution in [0, 0.1) is 5.41 Å². The first-order valence-corrected chi connectivity index (χ1v) is 6.49. The highest BCUT2D eigenvalue weighted by molar-refractivity contribution is 6.00. The van der Waals surface area contributed by atoms with Crippen LogP contribution in [0.1, 0.15) is 52.9 Å². The zero-order valence-corrected chi connectivity index (χ0v) is 11.0. The van der Waals surface area contributed by atoms with Crippen molar-refractivity contribution in [1.82, 2.24) is 10.2 Å². The van der Waals surface area contributed by atoms with E-state index >= 15 is 0 Å². The molecular weight excluding hydrogens is 216 g/mol. The first-order chi connectivity index (χ1) is 7.87. The number of carbonyl (C=O) groups excluding carboxylic acids is 2. The van der Waals surface area contributed by atoms with Crippen LogP contribution in [0.15, 0.2) is 0 Å². The molecule has 0 aromatic carbocycles. The van der Waals surface area contributed by atoms with Gasteiger partial charge in [-0.3, -0.25) is 9.69 Å². The molecule has 0 aromatic heterocycles. The summed E-state index contributed by atoms with van der Waals surface area (Å²) in [5, 5.41) is 2.90. The van der Waals surface area contributed by atoms with Gasteiger partial charge in [-0.1, -0.05) is 19.3 Å². The summed E-state index contributed by atoms with van der Waals surface area (Å²) in [6.45, 7) is 6.25. The number of hydrogen-bond donors (Lipinski definition) is 1. The van der Waals surface area contributed by atoms with Crippen molar-refractivity contribution in [3.8, 4) is 0 Å². The van der Waals surface area contributed by atoms with Crippen LogP contribution in [0.2, 0.25) is 0 Å². The van der Waals surface area contributed by atoms with Gasteiger partial charge in [-0.05, 0) is 33.6 Å². The lowest BCUT2D eigenvalue weighted by atomic mass is 9.71. The van der Waals surface area contributed by atoms with Gasteiger partial charge in [0.05, 0.1) is 5.41 Å². The maximum Gasteiger partial charge on any atom is 0.324 e. The fourth-order valence-electron chi connectivity index (χ4n) is 2.96. The van der Waals surface area contributed by atoms with Gasteiger partial charge in [0.1, 0.15) is 0 Å². The van der Waals surface area contributed by atoms with E-state index in [0.29, 0.717) is 6.54 Å². The second kappa shape index (κ2) is 4.00. The first kappa shape index (κ1) is 12.4. The van der Waals surface area contributed by atoms with Crippen molar-refractivity contribution in [3.05, 3.63) is 0 Å². The average molecular weight is 238 g/mol. The van der Waals surface area contributed by atoms with Crippen LogP contribution in [0.4, 0.5) is 4.79 Å². The Hall–Kier alpha value is -1.06.